The summed E-state index contributed by atoms with van der Waals surface area (Å²) in [6.45, 7) is 2.64. The number of rotatable bonds is 4. The van der Waals surface area contributed by atoms with Crippen LogP contribution in [0, 0.1) is 29.6 Å². The van der Waals surface area contributed by atoms with E-state index in [2.05, 4.69) is 17.5 Å². The van der Waals surface area contributed by atoms with Gasteiger partial charge in [0.15, 0.2) is 0 Å². The van der Waals surface area contributed by atoms with Crippen molar-refractivity contribution in [1.82, 2.24) is 0 Å². The summed E-state index contributed by atoms with van der Waals surface area (Å²) in [7, 11) is 0. The summed E-state index contributed by atoms with van der Waals surface area (Å²) in [4.78, 5) is 0. The number of aryl methyl sites for hydroxylation is 1. The number of anilines is 1. The van der Waals surface area contributed by atoms with Crippen molar-refractivity contribution in [1.29, 1.82) is 10.5 Å². The van der Waals surface area contributed by atoms with Gasteiger partial charge in [-0.15, -0.1) is 0 Å². The van der Waals surface area contributed by atoms with E-state index >= 15 is 0 Å². The normalized spacial score (nSPS) is 9.00. The smallest absolute Gasteiger partial charge is 0.102 e. The van der Waals surface area contributed by atoms with Gasteiger partial charge in [0.05, 0.1) is 17.3 Å². The van der Waals surface area contributed by atoms with Crippen molar-refractivity contribution in [3.05, 3.63) is 29.3 Å². The molecule has 0 radical (unpaired) electrons. The highest BCUT2D eigenvalue weighted by molar-refractivity contribution is 5.60. The lowest BCUT2D eigenvalue weighted by Crippen LogP contribution is -2.03. The predicted molar refractivity (Wildman–Crippen MR) is 59.2 cm³/mol. The molecular weight excluding hydrogens is 186 g/mol. The summed E-state index contributed by atoms with van der Waals surface area (Å²) < 4.78 is 0. The molecule has 0 fully saturated rings. The number of nitriles is 2. The molecule has 1 N–H and O–H groups in total. The molecule has 0 saturated heterocycles. The maximum atomic E-state index is 8.96. The molecular formula is C12H13N3. The minimum absolute atomic E-state index is 0.542. The van der Waals surface area contributed by atoms with E-state index in [9.17, 15) is 0 Å². The fourth-order valence-electron chi connectivity index (χ4n) is 1.35. The van der Waals surface area contributed by atoms with Gasteiger partial charge in [-0.05, 0) is 25.0 Å². The first-order valence-electron chi connectivity index (χ1n) is 4.90. The highest BCUT2D eigenvalue weighted by Crippen LogP contribution is 2.18. The summed E-state index contributed by atoms with van der Waals surface area (Å²) in [6, 6.07) is 9.99. The van der Waals surface area contributed by atoms with E-state index in [0.29, 0.717) is 12.0 Å². The number of benzene rings is 1. The molecule has 0 unspecified atom stereocenters. The van der Waals surface area contributed by atoms with E-state index in [-0.39, 0.29) is 0 Å². The monoisotopic (exact) mass is 199 g/mol. The molecule has 76 valence electrons. The van der Waals surface area contributed by atoms with Crippen molar-refractivity contribution in [3.8, 4) is 12.1 Å². The average molecular weight is 199 g/mol. The molecule has 15 heavy (non-hydrogen) atoms. The Hall–Kier alpha value is -2.00. The van der Waals surface area contributed by atoms with Crippen LogP contribution in [-0.2, 0) is 0 Å². The van der Waals surface area contributed by atoms with Crippen molar-refractivity contribution >= 4 is 5.69 Å². The van der Waals surface area contributed by atoms with Crippen LogP contribution < -0.4 is 5.32 Å². The molecule has 0 aromatic heterocycles. The standard InChI is InChI=1S/C12H13N3/c1-10-5-4-6-12(11(10)9-14)15-8-3-2-7-13/h4-6,15H,2-3,8H2,1H3. The van der Waals surface area contributed by atoms with Gasteiger partial charge in [0.1, 0.15) is 6.07 Å². The summed E-state index contributed by atoms with van der Waals surface area (Å²) in [5.41, 5.74) is 2.52. The molecule has 0 aliphatic carbocycles. The highest BCUT2D eigenvalue weighted by Gasteiger charge is 2.02. The Labute approximate surface area is 90.0 Å². The summed E-state index contributed by atoms with van der Waals surface area (Å²) >= 11 is 0. The average Bonchev–Trinajstić information content (AvgIpc) is 2.24. The number of nitrogens with zero attached hydrogens (tertiary/aromatic N) is 2. The van der Waals surface area contributed by atoms with E-state index in [1.165, 1.54) is 0 Å². The first-order valence-corrected chi connectivity index (χ1v) is 4.90. The van der Waals surface area contributed by atoms with Crippen LogP contribution in [0.2, 0.25) is 0 Å². The molecule has 1 rings (SSSR count). The Balaban J connectivity index is 2.66. The summed E-state index contributed by atoms with van der Waals surface area (Å²) in [5.74, 6) is 0. The minimum Gasteiger partial charge on any atom is -0.384 e. The fraction of sp³-hybridized carbons (Fsp3) is 0.333. The summed E-state index contributed by atoms with van der Waals surface area (Å²) in [5, 5.41) is 20.5. The zero-order valence-corrected chi connectivity index (χ0v) is 8.75. The summed E-state index contributed by atoms with van der Waals surface area (Å²) in [6.07, 6.45) is 1.34. The first-order chi connectivity index (χ1) is 7.29. The molecule has 0 amide bonds. The van der Waals surface area contributed by atoms with Crippen molar-refractivity contribution in [2.45, 2.75) is 19.8 Å². The molecule has 0 atom stereocenters. The third kappa shape index (κ3) is 3.00. The SMILES string of the molecule is Cc1cccc(NCCCC#N)c1C#N. The number of hydrogen-bond donors (Lipinski definition) is 1. The molecule has 0 aliphatic rings. The third-order valence-electron chi connectivity index (χ3n) is 2.17. The van der Waals surface area contributed by atoms with Crippen molar-refractivity contribution < 1.29 is 0 Å². The molecule has 0 aliphatic heterocycles. The second-order valence-corrected chi connectivity index (χ2v) is 3.30. The highest BCUT2D eigenvalue weighted by atomic mass is 14.9. The topological polar surface area (TPSA) is 59.6 Å². The minimum atomic E-state index is 0.542. The van der Waals surface area contributed by atoms with E-state index in [1.807, 2.05) is 25.1 Å². The zero-order chi connectivity index (χ0) is 11.1. The molecule has 0 spiro atoms. The number of unbranched alkanes of at least 4 members (excludes halogenated alkanes) is 1. The van der Waals surface area contributed by atoms with Gasteiger partial charge in [-0.2, -0.15) is 10.5 Å². The largest absolute Gasteiger partial charge is 0.384 e. The Morgan fingerprint density at radius 1 is 1.33 bits per heavy atom. The molecule has 1 aromatic carbocycles. The van der Waals surface area contributed by atoms with Crippen LogP contribution in [0.3, 0.4) is 0 Å². The fourth-order valence-corrected chi connectivity index (χ4v) is 1.35. The van der Waals surface area contributed by atoms with E-state index in [4.69, 9.17) is 10.5 Å². The number of hydrogen-bond acceptors (Lipinski definition) is 3. The Bertz CT molecular complexity index is 410. The molecule has 0 saturated carbocycles. The van der Waals surface area contributed by atoms with Crippen LogP contribution in [0.4, 0.5) is 5.69 Å². The van der Waals surface area contributed by atoms with E-state index < -0.39 is 0 Å². The van der Waals surface area contributed by atoms with Crippen LogP contribution in [0.5, 0.6) is 0 Å². The van der Waals surface area contributed by atoms with Gasteiger partial charge in [-0.25, -0.2) is 0 Å². The molecule has 0 bridgehead atoms. The molecule has 3 nitrogen and oxygen atoms in total. The van der Waals surface area contributed by atoms with Gasteiger partial charge in [-0.1, -0.05) is 12.1 Å². The Morgan fingerprint density at radius 3 is 2.80 bits per heavy atom. The van der Waals surface area contributed by atoms with E-state index in [1.54, 1.807) is 0 Å². The Morgan fingerprint density at radius 2 is 2.13 bits per heavy atom. The Kier molecular flexibility index (Phi) is 4.19. The van der Waals surface area contributed by atoms with Gasteiger partial charge in [-0.3, -0.25) is 0 Å². The maximum absolute atomic E-state index is 8.96. The van der Waals surface area contributed by atoms with Crippen LogP contribution in [0.1, 0.15) is 24.0 Å². The van der Waals surface area contributed by atoms with Crippen LogP contribution >= 0.6 is 0 Å². The first kappa shape index (κ1) is 11.1. The van der Waals surface area contributed by atoms with Gasteiger partial charge in [0.2, 0.25) is 0 Å². The third-order valence-corrected chi connectivity index (χ3v) is 2.17. The van der Waals surface area contributed by atoms with E-state index in [0.717, 1.165) is 24.2 Å². The van der Waals surface area contributed by atoms with Gasteiger partial charge in [0.25, 0.3) is 0 Å². The zero-order valence-electron chi connectivity index (χ0n) is 8.75. The predicted octanol–water partition coefficient (Wildman–Crippen LogP) is 2.58. The number of nitrogens with one attached hydrogen (secondary N) is 1. The lowest BCUT2D eigenvalue weighted by atomic mass is 10.1. The van der Waals surface area contributed by atoms with Crippen LogP contribution in [0.15, 0.2) is 18.2 Å². The quantitative estimate of drug-likeness (QED) is 0.758. The van der Waals surface area contributed by atoms with Gasteiger partial charge < -0.3 is 5.32 Å². The lowest BCUT2D eigenvalue weighted by Gasteiger charge is -2.08. The van der Waals surface area contributed by atoms with Gasteiger partial charge in [0, 0.05) is 13.0 Å². The van der Waals surface area contributed by atoms with Crippen LogP contribution in [0.25, 0.3) is 0 Å². The maximum Gasteiger partial charge on any atom is 0.102 e. The van der Waals surface area contributed by atoms with Gasteiger partial charge >= 0.3 is 0 Å². The van der Waals surface area contributed by atoms with Crippen molar-refractivity contribution in [2.24, 2.45) is 0 Å². The second kappa shape index (κ2) is 5.67. The second-order valence-electron chi connectivity index (χ2n) is 3.30. The lowest BCUT2D eigenvalue weighted by molar-refractivity contribution is 0.897. The molecule has 1 aromatic rings. The van der Waals surface area contributed by atoms with Crippen LogP contribution in [-0.4, -0.2) is 6.54 Å². The molecule has 3 heteroatoms. The molecule has 0 heterocycles. The van der Waals surface area contributed by atoms with Crippen molar-refractivity contribution in [3.63, 3.8) is 0 Å². The van der Waals surface area contributed by atoms with Crippen molar-refractivity contribution in [2.75, 3.05) is 11.9 Å².